The van der Waals surface area contributed by atoms with Crippen LogP contribution in [-0.4, -0.2) is 25.7 Å². The first-order valence-corrected chi connectivity index (χ1v) is 8.41. The number of rotatable bonds is 4. The van der Waals surface area contributed by atoms with E-state index in [0.29, 0.717) is 36.3 Å². The van der Waals surface area contributed by atoms with E-state index in [1.807, 2.05) is 0 Å². The normalized spacial score (nSPS) is 24.3. The molecule has 2 N–H and O–H groups in total. The monoisotopic (exact) mass is 303 g/mol. The van der Waals surface area contributed by atoms with Gasteiger partial charge in [0, 0.05) is 11.1 Å². The Morgan fingerprint density at radius 1 is 1.21 bits per heavy atom. The first kappa shape index (κ1) is 14.8. The lowest BCUT2D eigenvalue weighted by Crippen LogP contribution is -2.39. The fraction of sp³-hybridized carbons (Fsp3) is 0.538. The van der Waals surface area contributed by atoms with Crippen LogP contribution in [0, 0.1) is 0 Å². The molecule has 0 radical (unpaired) electrons. The lowest BCUT2D eigenvalue weighted by molar-refractivity contribution is 0.120. The largest absolute Gasteiger partial charge is 0.393 e. The van der Waals surface area contributed by atoms with Gasteiger partial charge in [0.2, 0.25) is 10.0 Å². The highest BCUT2D eigenvalue weighted by Crippen LogP contribution is 2.21. The number of hydrogen-bond donors (Lipinski definition) is 2. The van der Waals surface area contributed by atoms with Gasteiger partial charge in [0.25, 0.3) is 0 Å². The van der Waals surface area contributed by atoms with Crippen LogP contribution in [0.4, 0.5) is 0 Å². The standard InChI is InChI=1S/C13H18ClNO3S/c14-13-4-2-1-3-10(13)9-19(17,18)15-11-5-7-12(16)8-6-11/h1-4,11-12,15-16H,5-9H2. The summed E-state index contributed by atoms with van der Waals surface area (Å²) in [6, 6.07) is 6.87. The van der Waals surface area contributed by atoms with Crippen LogP contribution in [0.25, 0.3) is 0 Å². The molecular formula is C13H18ClNO3S. The summed E-state index contributed by atoms with van der Waals surface area (Å²) < 4.78 is 26.8. The molecule has 1 aliphatic carbocycles. The van der Waals surface area contributed by atoms with Gasteiger partial charge in [0.15, 0.2) is 0 Å². The minimum atomic E-state index is -3.39. The smallest absolute Gasteiger partial charge is 0.216 e. The van der Waals surface area contributed by atoms with Crippen molar-refractivity contribution in [3.63, 3.8) is 0 Å². The van der Waals surface area contributed by atoms with E-state index in [9.17, 15) is 13.5 Å². The maximum Gasteiger partial charge on any atom is 0.216 e. The zero-order valence-corrected chi connectivity index (χ0v) is 12.1. The predicted octanol–water partition coefficient (Wildman–Crippen LogP) is 2.06. The Balaban J connectivity index is 1.97. The Labute approximate surface area is 118 Å². The molecule has 1 aromatic carbocycles. The van der Waals surface area contributed by atoms with E-state index in [-0.39, 0.29) is 17.9 Å². The highest BCUT2D eigenvalue weighted by atomic mass is 35.5. The van der Waals surface area contributed by atoms with E-state index in [0.717, 1.165) is 0 Å². The van der Waals surface area contributed by atoms with Gasteiger partial charge >= 0.3 is 0 Å². The summed E-state index contributed by atoms with van der Waals surface area (Å²) in [5.74, 6) is -0.105. The number of sulfonamides is 1. The molecule has 0 aromatic heterocycles. The summed E-state index contributed by atoms with van der Waals surface area (Å²) in [5, 5.41) is 9.87. The average Bonchev–Trinajstić information content (AvgIpc) is 2.35. The maximum absolute atomic E-state index is 12.1. The minimum Gasteiger partial charge on any atom is -0.393 e. The molecule has 0 spiro atoms. The van der Waals surface area contributed by atoms with Crippen LogP contribution in [0.3, 0.4) is 0 Å². The van der Waals surface area contributed by atoms with E-state index in [1.165, 1.54) is 0 Å². The van der Waals surface area contributed by atoms with Crippen LogP contribution in [0.1, 0.15) is 31.2 Å². The average molecular weight is 304 g/mol. The van der Waals surface area contributed by atoms with Crippen LogP contribution in [0.15, 0.2) is 24.3 Å². The molecule has 0 bridgehead atoms. The molecule has 106 valence electrons. The van der Waals surface area contributed by atoms with Crippen molar-refractivity contribution in [1.29, 1.82) is 0 Å². The molecule has 1 aliphatic rings. The molecule has 4 nitrogen and oxygen atoms in total. The molecule has 1 aromatic rings. The molecule has 0 saturated heterocycles. The number of halogens is 1. The summed E-state index contributed by atoms with van der Waals surface area (Å²) >= 11 is 5.97. The maximum atomic E-state index is 12.1. The highest BCUT2D eigenvalue weighted by Gasteiger charge is 2.24. The van der Waals surface area contributed by atoms with Crippen molar-refractivity contribution < 1.29 is 13.5 Å². The van der Waals surface area contributed by atoms with Crippen molar-refractivity contribution in [2.24, 2.45) is 0 Å². The number of aliphatic hydroxyl groups is 1. The molecule has 0 aliphatic heterocycles. The minimum absolute atomic E-state index is 0.0733. The Morgan fingerprint density at radius 3 is 2.47 bits per heavy atom. The second kappa shape index (κ2) is 6.22. The van der Waals surface area contributed by atoms with E-state index in [1.54, 1.807) is 24.3 Å². The number of nitrogens with one attached hydrogen (secondary N) is 1. The Bertz CT molecular complexity index is 524. The van der Waals surface area contributed by atoms with Crippen molar-refractivity contribution >= 4 is 21.6 Å². The zero-order chi connectivity index (χ0) is 13.9. The van der Waals surface area contributed by atoms with Gasteiger partial charge in [0.1, 0.15) is 0 Å². The van der Waals surface area contributed by atoms with Gasteiger partial charge in [0.05, 0.1) is 11.9 Å². The van der Waals surface area contributed by atoms with Crippen molar-refractivity contribution in [1.82, 2.24) is 4.72 Å². The number of aliphatic hydroxyl groups excluding tert-OH is 1. The predicted molar refractivity (Wildman–Crippen MR) is 75.5 cm³/mol. The highest BCUT2D eigenvalue weighted by molar-refractivity contribution is 7.88. The summed E-state index contributed by atoms with van der Waals surface area (Å²) in [7, 11) is -3.39. The van der Waals surface area contributed by atoms with Crippen LogP contribution in [-0.2, 0) is 15.8 Å². The zero-order valence-electron chi connectivity index (χ0n) is 10.5. The summed E-state index contributed by atoms with van der Waals surface area (Å²) in [4.78, 5) is 0. The first-order valence-electron chi connectivity index (χ1n) is 6.38. The Hall–Kier alpha value is -0.620. The van der Waals surface area contributed by atoms with Crippen LogP contribution in [0.5, 0.6) is 0 Å². The van der Waals surface area contributed by atoms with Crippen molar-refractivity contribution in [2.75, 3.05) is 0 Å². The molecule has 19 heavy (non-hydrogen) atoms. The summed E-state index contributed by atoms with van der Waals surface area (Å²) in [6.45, 7) is 0. The van der Waals surface area contributed by atoms with Crippen molar-refractivity contribution in [3.8, 4) is 0 Å². The molecule has 0 atom stereocenters. The molecule has 6 heteroatoms. The third-order valence-corrected chi connectivity index (χ3v) is 5.10. The van der Waals surface area contributed by atoms with Gasteiger partial charge in [-0.2, -0.15) is 0 Å². The van der Waals surface area contributed by atoms with Gasteiger partial charge in [-0.15, -0.1) is 0 Å². The Kier molecular flexibility index (Phi) is 4.84. The van der Waals surface area contributed by atoms with Crippen molar-refractivity contribution in [2.45, 2.75) is 43.6 Å². The fourth-order valence-corrected chi connectivity index (χ4v) is 4.08. The molecule has 1 fully saturated rings. The molecule has 0 heterocycles. The van der Waals surface area contributed by atoms with Crippen LogP contribution >= 0.6 is 11.6 Å². The lowest BCUT2D eigenvalue weighted by Gasteiger charge is -2.26. The van der Waals surface area contributed by atoms with Gasteiger partial charge in [-0.1, -0.05) is 29.8 Å². The van der Waals surface area contributed by atoms with E-state index in [2.05, 4.69) is 4.72 Å². The first-order chi connectivity index (χ1) is 8.96. The lowest BCUT2D eigenvalue weighted by atomic mass is 9.94. The van der Waals surface area contributed by atoms with Gasteiger partial charge < -0.3 is 5.11 Å². The molecule has 0 unspecified atom stereocenters. The second-order valence-electron chi connectivity index (χ2n) is 4.97. The molecule has 0 amide bonds. The quantitative estimate of drug-likeness (QED) is 0.895. The third-order valence-electron chi connectivity index (χ3n) is 3.35. The second-order valence-corrected chi connectivity index (χ2v) is 7.13. The van der Waals surface area contributed by atoms with Crippen LogP contribution in [0.2, 0.25) is 5.02 Å². The SMILES string of the molecule is O=S(=O)(Cc1ccccc1Cl)NC1CCC(O)CC1. The number of hydrogen-bond acceptors (Lipinski definition) is 3. The summed E-state index contributed by atoms with van der Waals surface area (Å²) in [6.07, 6.45) is 2.38. The van der Waals surface area contributed by atoms with Gasteiger partial charge in [-0.3, -0.25) is 0 Å². The van der Waals surface area contributed by atoms with E-state index < -0.39 is 10.0 Å². The topological polar surface area (TPSA) is 66.4 Å². The number of benzene rings is 1. The summed E-state index contributed by atoms with van der Waals surface area (Å²) in [5.41, 5.74) is 0.604. The van der Waals surface area contributed by atoms with Gasteiger partial charge in [-0.05, 0) is 37.3 Å². The Morgan fingerprint density at radius 2 is 1.84 bits per heavy atom. The molecule has 1 saturated carbocycles. The van der Waals surface area contributed by atoms with Crippen LogP contribution < -0.4 is 4.72 Å². The van der Waals surface area contributed by atoms with E-state index >= 15 is 0 Å². The van der Waals surface area contributed by atoms with Gasteiger partial charge in [-0.25, -0.2) is 13.1 Å². The van der Waals surface area contributed by atoms with E-state index in [4.69, 9.17) is 11.6 Å². The van der Waals surface area contributed by atoms with Crippen molar-refractivity contribution in [3.05, 3.63) is 34.9 Å². The molecular weight excluding hydrogens is 286 g/mol. The fourth-order valence-electron chi connectivity index (χ4n) is 2.31. The third kappa shape index (κ3) is 4.45. The molecule has 2 rings (SSSR count).